The Morgan fingerprint density at radius 3 is 2.46 bits per heavy atom. The van der Waals surface area contributed by atoms with E-state index in [1.807, 2.05) is 0 Å². The van der Waals surface area contributed by atoms with Gasteiger partial charge >= 0.3 is 12.1 Å². The number of fused-ring (bicyclic) bond motifs is 1. The van der Waals surface area contributed by atoms with Gasteiger partial charge < -0.3 is 9.67 Å². The number of halogens is 3. The van der Waals surface area contributed by atoms with Crippen molar-refractivity contribution < 1.29 is 23.1 Å². The van der Waals surface area contributed by atoms with E-state index in [4.69, 9.17) is 0 Å². The molecule has 28 heavy (non-hydrogen) atoms. The molecule has 0 unspecified atom stereocenters. The average molecular weight is 391 g/mol. The molecular weight excluding hydrogens is 375 g/mol. The summed E-state index contributed by atoms with van der Waals surface area (Å²) in [6.07, 6.45) is -0.788. The van der Waals surface area contributed by atoms with Crippen LogP contribution in [-0.2, 0) is 19.1 Å². The monoisotopic (exact) mass is 391 g/mol. The van der Waals surface area contributed by atoms with E-state index in [-0.39, 0.29) is 5.92 Å². The number of carboxylic acids is 1. The smallest absolute Gasteiger partial charge is 0.416 e. The molecule has 1 aliphatic carbocycles. The first-order valence-corrected chi connectivity index (χ1v) is 8.76. The summed E-state index contributed by atoms with van der Waals surface area (Å²) in [6.45, 7) is 0.297. The second-order valence-corrected chi connectivity index (χ2v) is 6.90. The average Bonchev–Trinajstić information content (AvgIpc) is 3.39. The fourth-order valence-corrected chi connectivity index (χ4v) is 3.15. The van der Waals surface area contributed by atoms with Crippen LogP contribution in [0.1, 0.15) is 45.9 Å². The van der Waals surface area contributed by atoms with Gasteiger partial charge in [-0.25, -0.2) is 4.79 Å². The van der Waals surface area contributed by atoms with Crippen LogP contribution in [0.2, 0.25) is 0 Å². The largest absolute Gasteiger partial charge is 0.477 e. The van der Waals surface area contributed by atoms with Crippen molar-refractivity contribution in [3.8, 4) is 0 Å². The summed E-state index contributed by atoms with van der Waals surface area (Å²) >= 11 is 0. The van der Waals surface area contributed by atoms with Crippen molar-refractivity contribution in [3.63, 3.8) is 0 Å². The SMILES string of the molecule is O=C(O)c1cn(CCc2ccc(C(F)(F)F)cc2)c2cc(C3CC3)nn2c1=O. The topological polar surface area (TPSA) is 76.6 Å². The van der Waals surface area contributed by atoms with E-state index in [2.05, 4.69) is 5.10 Å². The van der Waals surface area contributed by atoms with E-state index in [1.165, 1.54) is 18.3 Å². The molecule has 0 atom stereocenters. The Kier molecular flexibility index (Phi) is 4.24. The van der Waals surface area contributed by atoms with Crippen LogP contribution in [0.5, 0.6) is 0 Å². The number of alkyl halides is 3. The molecule has 0 saturated heterocycles. The zero-order valence-corrected chi connectivity index (χ0v) is 14.6. The highest BCUT2D eigenvalue weighted by Crippen LogP contribution is 2.39. The molecule has 1 aromatic carbocycles. The molecular formula is C19H16F3N3O3. The summed E-state index contributed by atoms with van der Waals surface area (Å²) in [7, 11) is 0. The zero-order chi connectivity index (χ0) is 20.1. The fraction of sp³-hybridized carbons (Fsp3) is 0.316. The molecule has 1 fully saturated rings. The van der Waals surface area contributed by atoms with Crippen LogP contribution in [0.4, 0.5) is 13.2 Å². The summed E-state index contributed by atoms with van der Waals surface area (Å²) in [5.41, 5.74) is 0.0842. The lowest BCUT2D eigenvalue weighted by atomic mass is 10.1. The molecule has 1 aliphatic rings. The zero-order valence-electron chi connectivity index (χ0n) is 14.6. The first-order valence-electron chi connectivity index (χ1n) is 8.76. The second-order valence-electron chi connectivity index (χ2n) is 6.90. The van der Waals surface area contributed by atoms with Gasteiger partial charge in [-0.15, -0.1) is 0 Å². The van der Waals surface area contributed by atoms with Gasteiger partial charge in [0.2, 0.25) is 0 Å². The number of hydrogen-bond donors (Lipinski definition) is 1. The molecule has 4 rings (SSSR count). The van der Waals surface area contributed by atoms with E-state index >= 15 is 0 Å². The summed E-state index contributed by atoms with van der Waals surface area (Å²) in [4.78, 5) is 23.8. The highest BCUT2D eigenvalue weighted by Gasteiger charge is 2.30. The molecule has 2 heterocycles. The Hall–Kier alpha value is -3.10. The number of carbonyl (C=O) groups is 1. The van der Waals surface area contributed by atoms with Crippen LogP contribution >= 0.6 is 0 Å². The number of aryl methyl sites for hydroxylation is 2. The van der Waals surface area contributed by atoms with Gasteiger partial charge in [0.1, 0.15) is 11.2 Å². The van der Waals surface area contributed by atoms with Gasteiger partial charge in [0.25, 0.3) is 5.56 Å². The van der Waals surface area contributed by atoms with Gasteiger partial charge in [0, 0.05) is 24.7 Å². The number of rotatable bonds is 5. The molecule has 0 amide bonds. The van der Waals surface area contributed by atoms with Crippen molar-refractivity contribution in [1.82, 2.24) is 14.2 Å². The molecule has 1 N–H and O–H groups in total. The minimum absolute atomic E-state index is 0.288. The minimum Gasteiger partial charge on any atom is -0.477 e. The first-order chi connectivity index (χ1) is 13.2. The number of aromatic carboxylic acids is 1. The molecule has 6 nitrogen and oxygen atoms in total. The van der Waals surface area contributed by atoms with Crippen molar-refractivity contribution >= 4 is 11.6 Å². The molecule has 2 aromatic heterocycles. The van der Waals surface area contributed by atoms with Crippen molar-refractivity contribution in [2.45, 2.75) is 37.9 Å². The lowest BCUT2D eigenvalue weighted by Crippen LogP contribution is -2.26. The van der Waals surface area contributed by atoms with Crippen molar-refractivity contribution in [2.24, 2.45) is 0 Å². The Morgan fingerprint density at radius 2 is 1.89 bits per heavy atom. The van der Waals surface area contributed by atoms with Crippen LogP contribution in [0.3, 0.4) is 0 Å². The molecule has 146 valence electrons. The summed E-state index contributed by atoms with van der Waals surface area (Å²) in [6, 6.07) is 6.60. The number of nitrogens with zero attached hydrogens (tertiary/aromatic N) is 3. The van der Waals surface area contributed by atoms with Gasteiger partial charge in [-0.3, -0.25) is 4.79 Å². The Labute approximate surface area is 156 Å². The highest BCUT2D eigenvalue weighted by molar-refractivity contribution is 5.87. The predicted octanol–water partition coefficient (Wildman–Crippen LogP) is 3.33. The van der Waals surface area contributed by atoms with Crippen molar-refractivity contribution in [2.75, 3.05) is 0 Å². The van der Waals surface area contributed by atoms with Gasteiger partial charge in [0.05, 0.1) is 11.3 Å². The van der Waals surface area contributed by atoms with Gasteiger partial charge in [-0.2, -0.15) is 22.8 Å². The maximum Gasteiger partial charge on any atom is 0.416 e. The number of benzene rings is 1. The normalized spacial score (nSPS) is 14.5. The van der Waals surface area contributed by atoms with Crippen molar-refractivity contribution in [1.29, 1.82) is 0 Å². The summed E-state index contributed by atoms with van der Waals surface area (Å²) in [5, 5.41) is 13.6. The number of hydrogen-bond acceptors (Lipinski definition) is 3. The predicted molar refractivity (Wildman–Crippen MR) is 93.5 cm³/mol. The summed E-state index contributed by atoms with van der Waals surface area (Å²) < 4.78 is 40.7. The second kappa shape index (κ2) is 6.50. The van der Waals surface area contributed by atoms with E-state index < -0.39 is 28.8 Å². The standard InChI is InChI=1S/C19H16F3N3O3/c20-19(21,22)13-5-1-11(2-6-13)7-8-24-10-14(18(27)28)17(26)25-16(24)9-15(23-25)12-3-4-12/h1-2,5-6,9-10,12H,3-4,7-8H2,(H,27,28). The molecule has 0 bridgehead atoms. The van der Waals surface area contributed by atoms with Crippen LogP contribution in [0.15, 0.2) is 41.3 Å². The third-order valence-electron chi connectivity index (χ3n) is 4.86. The lowest BCUT2D eigenvalue weighted by Gasteiger charge is -2.11. The maximum absolute atomic E-state index is 12.7. The van der Waals surface area contributed by atoms with E-state index in [0.29, 0.717) is 24.2 Å². The number of carboxylic acid groups (broad SMARTS) is 1. The maximum atomic E-state index is 12.7. The molecule has 3 aromatic rings. The lowest BCUT2D eigenvalue weighted by molar-refractivity contribution is -0.137. The molecule has 0 spiro atoms. The fourth-order valence-electron chi connectivity index (χ4n) is 3.15. The molecule has 0 aliphatic heterocycles. The summed E-state index contributed by atoms with van der Waals surface area (Å²) in [5.74, 6) is -1.06. The van der Waals surface area contributed by atoms with E-state index in [9.17, 15) is 27.9 Å². The Balaban J connectivity index is 1.66. The Bertz CT molecular complexity index is 1110. The van der Waals surface area contributed by atoms with Crippen LogP contribution < -0.4 is 5.56 Å². The minimum atomic E-state index is -4.39. The third-order valence-corrected chi connectivity index (χ3v) is 4.86. The first kappa shape index (κ1) is 18.3. The highest BCUT2D eigenvalue weighted by atomic mass is 19.4. The number of aromatic nitrogens is 3. The van der Waals surface area contributed by atoms with Crippen molar-refractivity contribution in [3.05, 3.63) is 69.3 Å². The molecule has 1 saturated carbocycles. The van der Waals surface area contributed by atoms with Crippen LogP contribution in [-0.4, -0.2) is 25.3 Å². The van der Waals surface area contributed by atoms with Gasteiger partial charge in [0.15, 0.2) is 0 Å². The van der Waals surface area contributed by atoms with Crippen LogP contribution in [0.25, 0.3) is 5.65 Å². The third kappa shape index (κ3) is 3.39. The van der Waals surface area contributed by atoms with Gasteiger partial charge in [-0.1, -0.05) is 12.1 Å². The molecule has 9 heteroatoms. The Morgan fingerprint density at radius 1 is 1.21 bits per heavy atom. The van der Waals surface area contributed by atoms with E-state index in [0.717, 1.165) is 35.2 Å². The van der Waals surface area contributed by atoms with E-state index in [1.54, 1.807) is 10.6 Å². The quantitative estimate of drug-likeness (QED) is 0.724. The molecule has 0 radical (unpaired) electrons. The van der Waals surface area contributed by atoms with Crippen LogP contribution in [0, 0.1) is 0 Å². The van der Waals surface area contributed by atoms with Gasteiger partial charge in [-0.05, 0) is 37.0 Å².